The lowest BCUT2D eigenvalue weighted by Crippen LogP contribution is -2.91. The van der Waals surface area contributed by atoms with Crippen LogP contribution in [-0.2, 0) is 55.8 Å². The van der Waals surface area contributed by atoms with Gasteiger partial charge >= 0.3 is 70.4 Å². The van der Waals surface area contributed by atoms with Crippen LogP contribution in [0.3, 0.4) is 0 Å². The van der Waals surface area contributed by atoms with E-state index in [2.05, 4.69) is 30.8 Å². The molecule has 6 aliphatic heterocycles. The van der Waals surface area contributed by atoms with Gasteiger partial charge in [0.15, 0.2) is 0 Å². The molecule has 7 saturated carbocycles. The van der Waals surface area contributed by atoms with Crippen LogP contribution in [0.4, 0.5) is 0 Å². The lowest BCUT2D eigenvalue weighted by Gasteiger charge is -2.68. The lowest BCUT2D eigenvalue weighted by atomic mass is 10.0. The minimum atomic E-state index is -4.10. The zero-order valence-electron chi connectivity index (χ0n) is 43.7. The van der Waals surface area contributed by atoms with Gasteiger partial charge in [0.25, 0.3) is 0 Å². The molecular weight excluding hydrogens is 1040 g/mol. The summed E-state index contributed by atoms with van der Waals surface area (Å²) in [7, 11) is -32.4. The molecule has 0 N–H and O–H groups in total. The molecule has 13 fully saturated rings. The van der Waals surface area contributed by atoms with E-state index < -0.39 is 70.4 Å². The van der Waals surface area contributed by atoms with Crippen molar-refractivity contribution < 1.29 is 49.4 Å². The molecule has 14 rings (SSSR count). The molecule has 6 heterocycles. The first-order chi connectivity index (χ1) is 35.2. The summed E-state index contributed by atoms with van der Waals surface area (Å²) in [6.07, 6.45) is 40.3. The standard InChI is InChI=1S/C52H88O12Si8/c1-2-44-38-40-45(41-39-44)42-43-65-53-66(46-24-10-3-11-25-46)56-69(49-30-16-6-17-31-49)58-67(54-65,47-26-12-4-13-27-47)60-71(51-34-20-8-21-35-51)61-68(55-65,48-28-14-5-15-29-48)59-70(57-66,50-32-18-7-19-33-50)63-72(62-69,64-71)52-36-22-9-23-37-52/h2,38-41,46-52H,1,3-37,42-43H2. The van der Waals surface area contributed by atoms with Crippen molar-refractivity contribution in [3.05, 3.63) is 42.0 Å². The van der Waals surface area contributed by atoms with Crippen LogP contribution in [0.25, 0.3) is 6.08 Å². The zero-order chi connectivity index (χ0) is 48.4. The Balaban J connectivity index is 1.12. The third-order valence-electron chi connectivity index (χ3n) is 20.1. The van der Waals surface area contributed by atoms with Crippen molar-refractivity contribution in [3.8, 4) is 0 Å². The summed E-state index contributed by atoms with van der Waals surface area (Å²) in [5.41, 5.74) is 2.53. The molecule has 1 aromatic carbocycles. The SMILES string of the molecule is C=Cc1ccc(CC[Si]23O[Si]4(C5CCCCC5)O[Si]5(C6CCCCC6)O[Si](C6CCCCC6)(O2)O[Si]2(C6CCCCC6)O[Si](C6CCCCC6)(O3)O[Si](C3CCCCC3)(O4)O[Si](C3CCCCC3)(O5)O2)cc1. The molecule has 400 valence electrons. The number of benzene rings is 1. The van der Waals surface area contributed by atoms with E-state index in [4.69, 9.17) is 49.4 Å². The average Bonchev–Trinajstić information content (AvgIpc) is 3.41. The van der Waals surface area contributed by atoms with Crippen LogP contribution in [0.1, 0.15) is 236 Å². The fourth-order valence-electron chi connectivity index (χ4n) is 16.1. The van der Waals surface area contributed by atoms with E-state index in [0.29, 0.717) is 12.5 Å². The van der Waals surface area contributed by atoms with Crippen molar-refractivity contribution >= 4 is 76.5 Å². The van der Waals surface area contributed by atoms with Gasteiger partial charge in [0.05, 0.1) is 0 Å². The molecule has 0 atom stereocenters. The Morgan fingerprint density at radius 1 is 0.306 bits per heavy atom. The minimum absolute atomic E-state index is 0.0170. The van der Waals surface area contributed by atoms with Gasteiger partial charge in [-0.2, -0.15) is 0 Å². The van der Waals surface area contributed by atoms with Crippen LogP contribution < -0.4 is 0 Å². The highest BCUT2D eigenvalue weighted by atomic mass is 28.6. The monoisotopic (exact) mass is 1130 g/mol. The molecular formula is C52H88O12Si8. The van der Waals surface area contributed by atoms with E-state index in [1.54, 1.807) is 0 Å². The van der Waals surface area contributed by atoms with Gasteiger partial charge < -0.3 is 49.4 Å². The Morgan fingerprint density at radius 3 is 0.722 bits per heavy atom. The largest absolute Gasteiger partial charge is 0.482 e. The Bertz CT molecular complexity index is 1850. The van der Waals surface area contributed by atoms with Crippen molar-refractivity contribution in [2.24, 2.45) is 0 Å². The third-order valence-corrected chi connectivity index (χ3v) is 59.7. The van der Waals surface area contributed by atoms with Gasteiger partial charge in [0.2, 0.25) is 0 Å². The topological polar surface area (TPSA) is 111 Å². The summed E-state index contributed by atoms with van der Waals surface area (Å²) < 4.78 is 105. The number of aryl methyl sites for hydroxylation is 1. The molecule has 0 radical (unpaired) electrons. The Hall–Kier alpha value is 0.215. The first-order valence-electron chi connectivity index (χ1n) is 30.4. The van der Waals surface area contributed by atoms with Crippen molar-refractivity contribution in [2.45, 2.75) is 276 Å². The second kappa shape index (κ2) is 21.0. The predicted octanol–water partition coefficient (Wildman–Crippen LogP) is 15.0. The molecule has 8 bridgehead atoms. The molecule has 6 saturated heterocycles. The fourth-order valence-corrected chi connectivity index (χ4v) is 72.3. The highest BCUT2D eigenvalue weighted by Gasteiger charge is 2.88. The normalized spacial score (nSPS) is 43.7. The van der Waals surface area contributed by atoms with Crippen molar-refractivity contribution in [1.82, 2.24) is 0 Å². The lowest BCUT2D eigenvalue weighted by molar-refractivity contribution is -0.0514. The highest BCUT2D eigenvalue weighted by molar-refractivity contribution is 7.04. The second-order valence-corrected chi connectivity index (χ2v) is 50.8. The third kappa shape index (κ3) is 9.50. The molecule has 7 aliphatic carbocycles. The molecule has 0 aromatic heterocycles. The first-order valence-corrected chi connectivity index (χ1v) is 44.9. The average molecular weight is 1130 g/mol. The van der Waals surface area contributed by atoms with Gasteiger partial charge in [-0.25, -0.2) is 0 Å². The smallest absolute Gasteiger partial charge is 0.373 e. The van der Waals surface area contributed by atoms with Crippen LogP contribution in [0.15, 0.2) is 30.8 Å². The minimum Gasteiger partial charge on any atom is -0.373 e. The van der Waals surface area contributed by atoms with Crippen molar-refractivity contribution in [1.29, 1.82) is 0 Å². The molecule has 72 heavy (non-hydrogen) atoms. The number of hydrogen-bond acceptors (Lipinski definition) is 12. The molecule has 20 heteroatoms. The van der Waals surface area contributed by atoms with E-state index in [-0.39, 0.29) is 38.8 Å². The van der Waals surface area contributed by atoms with E-state index >= 15 is 0 Å². The summed E-state index contributed by atoms with van der Waals surface area (Å²) in [5.74, 6) is 0. The van der Waals surface area contributed by atoms with E-state index in [1.165, 1.54) is 50.5 Å². The van der Waals surface area contributed by atoms with Gasteiger partial charge in [0, 0.05) is 44.8 Å². The van der Waals surface area contributed by atoms with E-state index in [9.17, 15) is 0 Å². The van der Waals surface area contributed by atoms with Gasteiger partial charge in [0.1, 0.15) is 0 Å². The Kier molecular flexibility index (Phi) is 15.1. The van der Waals surface area contributed by atoms with Gasteiger partial charge in [-0.15, -0.1) is 0 Å². The van der Waals surface area contributed by atoms with Crippen LogP contribution in [-0.4, -0.2) is 70.4 Å². The first kappa shape index (κ1) is 51.6. The van der Waals surface area contributed by atoms with Crippen molar-refractivity contribution in [2.75, 3.05) is 0 Å². The molecule has 0 unspecified atom stereocenters. The van der Waals surface area contributed by atoms with Gasteiger partial charge in [-0.3, -0.25) is 0 Å². The van der Waals surface area contributed by atoms with Crippen LogP contribution in [0.2, 0.25) is 44.8 Å². The number of rotatable bonds is 11. The summed E-state index contributed by atoms with van der Waals surface area (Å²) >= 11 is 0. The van der Waals surface area contributed by atoms with Crippen molar-refractivity contribution in [3.63, 3.8) is 0 Å². The summed E-state index contributed by atoms with van der Waals surface area (Å²) in [5, 5.41) is 0. The maximum atomic E-state index is 8.77. The Morgan fingerprint density at radius 2 is 0.514 bits per heavy atom. The van der Waals surface area contributed by atoms with Crippen LogP contribution in [0.5, 0.6) is 0 Å². The second-order valence-electron chi connectivity index (χ2n) is 24.9. The van der Waals surface area contributed by atoms with Gasteiger partial charge in [-0.05, 0) is 107 Å². The van der Waals surface area contributed by atoms with Crippen LogP contribution >= 0.6 is 0 Å². The molecule has 0 amide bonds. The quantitative estimate of drug-likeness (QED) is 0.197. The van der Waals surface area contributed by atoms with E-state index in [0.717, 1.165) is 185 Å². The molecule has 13 aliphatic rings. The van der Waals surface area contributed by atoms with E-state index in [1.807, 2.05) is 6.08 Å². The summed E-state index contributed by atoms with van der Waals surface area (Å²) in [6.45, 7) is 4.09. The molecule has 0 spiro atoms. The Labute approximate surface area is 441 Å². The predicted molar refractivity (Wildman–Crippen MR) is 292 cm³/mol. The molecule has 1 aromatic rings. The van der Waals surface area contributed by atoms with Gasteiger partial charge in [-0.1, -0.05) is 172 Å². The summed E-state index contributed by atoms with van der Waals surface area (Å²) in [6, 6.07) is 9.40. The summed E-state index contributed by atoms with van der Waals surface area (Å²) in [4.78, 5) is 0. The molecule has 12 nitrogen and oxygen atoms in total. The number of hydrogen-bond donors (Lipinski definition) is 0. The van der Waals surface area contributed by atoms with Crippen LogP contribution in [0, 0.1) is 0 Å². The zero-order valence-corrected chi connectivity index (χ0v) is 51.7. The highest BCUT2D eigenvalue weighted by Crippen LogP contribution is 2.65. The maximum Gasteiger partial charge on any atom is 0.482 e. The fraction of sp³-hybridized carbons (Fsp3) is 0.846. The maximum absolute atomic E-state index is 8.77.